The molecule has 3 aromatic rings. The SMILES string of the molecule is CCOc1cc(CNc2ccc(OC)c(Cl)c2)c(Cl)cc1OCc1ccc(F)cc1Cl. The fraction of sp³-hybridized carbons (Fsp3) is 0.217. The van der Waals surface area contributed by atoms with Gasteiger partial charge in [-0.15, -0.1) is 0 Å². The lowest BCUT2D eigenvalue weighted by atomic mass is 10.2. The molecule has 0 bridgehead atoms. The Morgan fingerprint density at radius 3 is 2.23 bits per heavy atom. The van der Waals surface area contributed by atoms with Gasteiger partial charge in [-0.2, -0.15) is 0 Å². The molecule has 0 unspecified atom stereocenters. The number of halogens is 4. The minimum atomic E-state index is -0.401. The van der Waals surface area contributed by atoms with Crippen LogP contribution in [0.2, 0.25) is 15.1 Å². The third-order valence-electron chi connectivity index (χ3n) is 4.45. The second kappa shape index (κ2) is 10.8. The highest BCUT2D eigenvalue weighted by Crippen LogP contribution is 2.35. The van der Waals surface area contributed by atoms with Gasteiger partial charge >= 0.3 is 0 Å². The van der Waals surface area contributed by atoms with Crippen LogP contribution in [-0.2, 0) is 13.2 Å². The summed E-state index contributed by atoms with van der Waals surface area (Å²) in [4.78, 5) is 0. The van der Waals surface area contributed by atoms with E-state index < -0.39 is 5.82 Å². The average molecular weight is 485 g/mol. The van der Waals surface area contributed by atoms with E-state index in [1.807, 2.05) is 19.1 Å². The van der Waals surface area contributed by atoms with Gasteiger partial charge in [0.15, 0.2) is 11.5 Å². The van der Waals surface area contributed by atoms with Crippen LogP contribution in [0.3, 0.4) is 0 Å². The lowest BCUT2D eigenvalue weighted by molar-refractivity contribution is 0.269. The summed E-state index contributed by atoms with van der Waals surface area (Å²) in [5, 5.41) is 4.59. The lowest BCUT2D eigenvalue weighted by Gasteiger charge is -2.16. The monoisotopic (exact) mass is 483 g/mol. The summed E-state index contributed by atoms with van der Waals surface area (Å²) in [6, 6.07) is 13.1. The van der Waals surface area contributed by atoms with Gasteiger partial charge in [0.05, 0.1) is 23.8 Å². The fourth-order valence-corrected chi connectivity index (χ4v) is 3.56. The number of rotatable bonds is 9. The number of hydrogen-bond acceptors (Lipinski definition) is 4. The predicted molar refractivity (Wildman–Crippen MR) is 124 cm³/mol. The number of anilines is 1. The topological polar surface area (TPSA) is 39.7 Å². The van der Waals surface area contributed by atoms with E-state index in [-0.39, 0.29) is 6.61 Å². The second-order valence-electron chi connectivity index (χ2n) is 6.55. The molecule has 0 aliphatic rings. The Kier molecular flexibility index (Phi) is 8.13. The average Bonchev–Trinajstić information content (AvgIpc) is 2.74. The van der Waals surface area contributed by atoms with Crippen molar-refractivity contribution in [2.24, 2.45) is 0 Å². The van der Waals surface area contributed by atoms with Crippen LogP contribution in [0.1, 0.15) is 18.1 Å². The van der Waals surface area contributed by atoms with E-state index in [0.29, 0.717) is 51.0 Å². The molecule has 1 N–H and O–H groups in total. The number of hydrogen-bond donors (Lipinski definition) is 1. The highest BCUT2D eigenvalue weighted by Gasteiger charge is 2.13. The number of methoxy groups -OCH3 is 1. The van der Waals surface area contributed by atoms with Crippen LogP contribution in [0.4, 0.5) is 10.1 Å². The standard InChI is InChI=1S/C23H21Cl3FNO3/c1-3-30-22-8-15(12-28-17-6-7-21(29-2)20(26)10-17)19(25)11-23(22)31-13-14-4-5-16(27)9-18(14)24/h4-11,28H,3,12-13H2,1-2H3. The van der Waals surface area contributed by atoms with E-state index in [0.717, 1.165) is 11.3 Å². The van der Waals surface area contributed by atoms with Crippen molar-refractivity contribution in [2.75, 3.05) is 19.0 Å². The summed E-state index contributed by atoms with van der Waals surface area (Å²) in [6.45, 7) is 2.94. The number of nitrogens with one attached hydrogen (secondary N) is 1. The molecule has 164 valence electrons. The first-order valence-electron chi connectivity index (χ1n) is 9.50. The highest BCUT2D eigenvalue weighted by molar-refractivity contribution is 6.32. The van der Waals surface area contributed by atoms with Crippen molar-refractivity contribution in [3.05, 3.63) is 80.5 Å². The van der Waals surface area contributed by atoms with E-state index in [1.54, 1.807) is 31.4 Å². The molecule has 0 saturated heterocycles. The maximum atomic E-state index is 13.2. The molecule has 8 heteroatoms. The molecule has 3 rings (SSSR count). The third kappa shape index (κ3) is 6.10. The van der Waals surface area contributed by atoms with Crippen LogP contribution in [0, 0.1) is 5.82 Å². The van der Waals surface area contributed by atoms with Gasteiger partial charge in [0.25, 0.3) is 0 Å². The van der Waals surface area contributed by atoms with E-state index in [9.17, 15) is 4.39 Å². The Morgan fingerprint density at radius 2 is 1.55 bits per heavy atom. The zero-order valence-electron chi connectivity index (χ0n) is 17.0. The van der Waals surface area contributed by atoms with E-state index in [2.05, 4.69) is 5.32 Å². The zero-order valence-corrected chi connectivity index (χ0v) is 19.2. The van der Waals surface area contributed by atoms with Crippen molar-refractivity contribution < 1.29 is 18.6 Å². The maximum absolute atomic E-state index is 13.2. The van der Waals surface area contributed by atoms with E-state index >= 15 is 0 Å². The van der Waals surface area contributed by atoms with Crippen LogP contribution in [0.15, 0.2) is 48.5 Å². The minimum absolute atomic E-state index is 0.150. The van der Waals surface area contributed by atoms with E-state index in [4.69, 9.17) is 49.0 Å². The van der Waals surface area contributed by atoms with Gasteiger partial charge in [0, 0.05) is 28.9 Å². The molecule has 0 fully saturated rings. The molecule has 31 heavy (non-hydrogen) atoms. The molecule has 0 aliphatic heterocycles. The Balaban J connectivity index is 1.75. The molecule has 3 aromatic carbocycles. The normalized spacial score (nSPS) is 10.6. The quantitative estimate of drug-likeness (QED) is 0.344. The van der Waals surface area contributed by atoms with Crippen molar-refractivity contribution in [1.29, 1.82) is 0 Å². The molecule has 0 amide bonds. The van der Waals surface area contributed by atoms with Crippen LogP contribution in [0.5, 0.6) is 17.2 Å². The largest absolute Gasteiger partial charge is 0.495 e. The zero-order chi connectivity index (χ0) is 22.4. The lowest BCUT2D eigenvalue weighted by Crippen LogP contribution is -2.04. The molecular weight excluding hydrogens is 464 g/mol. The van der Waals surface area contributed by atoms with Crippen molar-refractivity contribution in [2.45, 2.75) is 20.1 Å². The molecule has 0 radical (unpaired) electrons. The first-order valence-corrected chi connectivity index (χ1v) is 10.6. The van der Waals surface area contributed by atoms with Gasteiger partial charge in [-0.1, -0.05) is 40.9 Å². The molecule has 0 saturated carbocycles. The molecule has 0 aliphatic carbocycles. The van der Waals surface area contributed by atoms with Gasteiger partial charge < -0.3 is 19.5 Å². The smallest absolute Gasteiger partial charge is 0.163 e. The van der Waals surface area contributed by atoms with Crippen molar-refractivity contribution in [3.63, 3.8) is 0 Å². The minimum Gasteiger partial charge on any atom is -0.495 e. The molecule has 0 heterocycles. The van der Waals surface area contributed by atoms with Gasteiger partial charge in [-0.3, -0.25) is 0 Å². The Hall–Kier alpha value is -2.34. The summed E-state index contributed by atoms with van der Waals surface area (Å²) in [5.74, 6) is 1.23. The van der Waals surface area contributed by atoms with Crippen LogP contribution in [0.25, 0.3) is 0 Å². The van der Waals surface area contributed by atoms with Gasteiger partial charge in [-0.25, -0.2) is 4.39 Å². The maximum Gasteiger partial charge on any atom is 0.163 e. The first kappa shape index (κ1) is 23.3. The Morgan fingerprint density at radius 1 is 0.806 bits per heavy atom. The summed E-state index contributed by atoms with van der Waals surface area (Å²) in [5.41, 5.74) is 2.30. The van der Waals surface area contributed by atoms with Crippen molar-refractivity contribution >= 4 is 40.5 Å². The molecule has 0 aromatic heterocycles. The predicted octanol–water partition coefficient (Wildman–Crippen LogP) is 7.38. The summed E-state index contributed by atoms with van der Waals surface area (Å²) in [7, 11) is 1.57. The first-order chi connectivity index (χ1) is 14.9. The van der Waals surface area contributed by atoms with E-state index in [1.165, 1.54) is 12.1 Å². The molecule has 0 atom stereocenters. The third-order valence-corrected chi connectivity index (χ3v) is 5.44. The van der Waals surface area contributed by atoms with Gasteiger partial charge in [0.2, 0.25) is 0 Å². The number of benzene rings is 3. The van der Waals surface area contributed by atoms with Crippen molar-refractivity contribution in [1.82, 2.24) is 0 Å². The summed E-state index contributed by atoms with van der Waals surface area (Å²) in [6.07, 6.45) is 0. The fourth-order valence-electron chi connectivity index (χ4n) is 2.86. The summed E-state index contributed by atoms with van der Waals surface area (Å²) >= 11 is 18.7. The van der Waals surface area contributed by atoms with Crippen LogP contribution >= 0.6 is 34.8 Å². The highest BCUT2D eigenvalue weighted by atomic mass is 35.5. The van der Waals surface area contributed by atoms with Crippen molar-refractivity contribution in [3.8, 4) is 17.2 Å². The van der Waals surface area contributed by atoms with Crippen LogP contribution in [-0.4, -0.2) is 13.7 Å². The number of ether oxygens (including phenoxy) is 3. The molecule has 0 spiro atoms. The summed E-state index contributed by atoms with van der Waals surface area (Å²) < 4.78 is 30.0. The Labute approximate surface area is 195 Å². The molecular formula is C23H21Cl3FNO3. The second-order valence-corrected chi connectivity index (χ2v) is 7.77. The van der Waals surface area contributed by atoms with Gasteiger partial charge in [0.1, 0.15) is 18.2 Å². The molecule has 4 nitrogen and oxygen atoms in total. The van der Waals surface area contributed by atoms with Crippen LogP contribution < -0.4 is 19.5 Å². The van der Waals surface area contributed by atoms with Gasteiger partial charge in [-0.05, 0) is 48.9 Å². The Bertz CT molecular complexity index is 1060.